The van der Waals surface area contributed by atoms with Gasteiger partial charge in [0.2, 0.25) is 11.8 Å². The van der Waals surface area contributed by atoms with E-state index in [1.807, 2.05) is 13.0 Å². The van der Waals surface area contributed by atoms with Crippen molar-refractivity contribution in [2.45, 2.75) is 26.4 Å². The fourth-order valence-electron chi connectivity index (χ4n) is 3.47. The van der Waals surface area contributed by atoms with E-state index in [9.17, 15) is 13.6 Å². The number of hydrogen-bond donors (Lipinski definition) is 1. The van der Waals surface area contributed by atoms with Crippen molar-refractivity contribution in [2.24, 2.45) is 11.8 Å². The molecule has 158 valence electrons. The molecule has 3 aromatic rings. The number of nitriles is 1. The third kappa shape index (κ3) is 4.42. The van der Waals surface area contributed by atoms with Crippen molar-refractivity contribution < 1.29 is 18.3 Å². The fourth-order valence-corrected chi connectivity index (χ4v) is 3.74. The van der Waals surface area contributed by atoms with E-state index >= 15 is 0 Å². The molecule has 0 aliphatic heterocycles. The second-order valence-corrected chi connectivity index (χ2v) is 7.63. The normalized spacial score (nSPS) is 17.4. The number of pyridine rings is 2. The zero-order valence-electron chi connectivity index (χ0n) is 16.4. The molecule has 1 fully saturated rings. The summed E-state index contributed by atoms with van der Waals surface area (Å²) >= 11 is 6.46. The van der Waals surface area contributed by atoms with Gasteiger partial charge in [-0.25, -0.2) is 9.97 Å². The van der Waals surface area contributed by atoms with Gasteiger partial charge in [-0.2, -0.15) is 14.0 Å². The number of benzene rings is 1. The van der Waals surface area contributed by atoms with Gasteiger partial charge in [0, 0.05) is 29.4 Å². The number of aryl methyl sites for hydroxylation is 1. The maximum Gasteiger partial charge on any atom is 0.388 e. The number of anilines is 1. The van der Waals surface area contributed by atoms with E-state index in [-0.39, 0.29) is 23.6 Å². The standard InChI is InChI=1S/C22H17ClF2N4O2/c1-2-11-7-20(31-22(24)25)28-9-16(11)12-3-13-6-19(27-10-17(13)18(23)5-12)29-21(30)15-4-14(15)8-26/h3,5-7,9-10,14-15,22H,2,4H2,1H3,(H,27,29,30)/t14-,15+/m0/s1. The Labute approximate surface area is 181 Å². The number of ether oxygens (including phenoxy) is 1. The summed E-state index contributed by atoms with van der Waals surface area (Å²) in [6, 6.07) is 8.91. The number of alkyl halides is 2. The van der Waals surface area contributed by atoms with Gasteiger partial charge in [-0.05, 0) is 47.6 Å². The minimum absolute atomic E-state index is 0.146. The lowest BCUT2D eigenvalue weighted by molar-refractivity contribution is -0.117. The molecule has 2 aromatic heterocycles. The van der Waals surface area contributed by atoms with Gasteiger partial charge in [-0.1, -0.05) is 18.5 Å². The molecule has 1 aliphatic carbocycles. The van der Waals surface area contributed by atoms with E-state index < -0.39 is 6.61 Å². The highest BCUT2D eigenvalue weighted by molar-refractivity contribution is 6.36. The average molecular weight is 443 g/mol. The molecule has 4 rings (SSSR count). The van der Waals surface area contributed by atoms with Crippen LogP contribution in [0.4, 0.5) is 14.6 Å². The summed E-state index contributed by atoms with van der Waals surface area (Å²) in [5.41, 5.74) is 2.27. The topological polar surface area (TPSA) is 87.9 Å². The van der Waals surface area contributed by atoms with Crippen molar-refractivity contribution >= 4 is 34.1 Å². The highest BCUT2D eigenvalue weighted by Gasteiger charge is 2.43. The maximum atomic E-state index is 12.5. The van der Waals surface area contributed by atoms with Crippen molar-refractivity contribution in [3.63, 3.8) is 0 Å². The molecule has 0 radical (unpaired) electrons. The Morgan fingerprint density at radius 1 is 1.32 bits per heavy atom. The lowest BCUT2D eigenvalue weighted by Gasteiger charge is -2.13. The summed E-state index contributed by atoms with van der Waals surface area (Å²) in [6.45, 7) is -1.05. The fraction of sp³-hybridized carbons (Fsp3) is 0.273. The quantitative estimate of drug-likeness (QED) is 0.566. The van der Waals surface area contributed by atoms with Crippen LogP contribution in [0, 0.1) is 23.2 Å². The van der Waals surface area contributed by atoms with Crippen LogP contribution >= 0.6 is 11.6 Å². The van der Waals surface area contributed by atoms with Gasteiger partial charge in [0.15, 0.2) is 0 Å². The Morgan fingerprint density at radius 3 is 2.81 bits per heavy atom. The van der Waals surface area contributed by atoms with Crippen molar-refractivity contribution in [2.75, 3.05) is 5.32 Å². The predicted octanol–water partition coefficient (Wildman–Crippen LogP) is 5.21. The van der Waals surface area contributed by atoms with Crippen molar-refractivity contribution in [1.29, 1.82) is 5.26 Å². The van der Waals surface area contributed by atoms with E-state index in [1.54, 1.807) is 18.3 Å². The van der Waals surface area contributed by atoms with Gasteiger partial charge in [-0.15, -0.1) is 0 Å². The number of rotatable bonds is 6. The monoisotopic (exact) mass is 442 g/mol. The van der Waals surface area contributed by atoms with E-state index in [0.717, 1.165) is 22.1 Å². The van der Waals surface area contributed by atoms with Crippen molar-refractivity contribution in [3.8, 4) is 23.1 Å². The molecule has 1 aromatic carbocycles. The van der Waals surface area contributed by atoms with E-state index in [1.165, 1.54) is 12.3 Å². The molecular weight excluding hydrogens is 426 g/mol. The van der Waals surface area contributed by atoms with Crippen LogP contribution in [0.1, 0.15) is 18.9 Å². The van der Waals surface area contributed by atoms with Crippen LogP contribution in [0.15, 0.2) is 36.7 Å². The number of aromatic nitrogens is 2. The smallest absolute Gasteiger partial charge is 0.388 e. The number of carbonyl (C=O) groups is 1. The molecule has 1 N–H and O–H groups in total. The second-order valence-electron chi connectivity index (χ2n) is 7.23. The first-order valence-electron chi connectivity index (χ1n) is 9.63. The SMILES string of the molecule is CCc1cc(OC(F)F)ncc1-c1cc(Cl)c2cnc(NC(=O)[C@@H]3C[C@H]3C#N)cc2c1. The molecule has 9 heteroatoms. The third-order valence-electron chi connectivity index (χ3n) is 5.20. The summed E-state index contributed by atoms with van der Waals surface area (Å²) in [7, 11) is 0. The van der Waals surface area contributed by atoms with Crippen LogP contribution in [0.25, 0.3) is 21.9 Å². The highest BCUT2D eigenvalue weighted by atomic mass is 35.5. The number of amides is 1. The zero-order valence-corrected chi connectivity index (χ0v) is 17.2. The van der Waals surface area contributed by atoms with Gasteiger partial charge in [-0.3, -0.25) is 4.79 Å². The van der Waals surface area contributed by atoms with Crippen LogP contribution in [0.3, 0.4) is 0 Å². The average Bonchev–Trinajstić information content (AvgIpc) is 3.53. The Bertz CT molecular complexity index is 1210. The van der Waals surface area contributed by atoms with Gasteiger partial charge in [0.05, 0.1) is 22.9 Å². The first-order chi connectivity index (χ1) is 14.9. The number of nitrogens with zero attached hydrogens (tertiary/aromatic N) is 3. The lowest BCUT2D eigenvalue weighted by Crippen LogP contribution is -2.15. The summed E-state index contributed by atoms with van der Waals surface area (Å²) in [5.74, 6) is -0.549. The molecule has 0 saturated heterocycles. The van der Waals surface area contributed by atoms with Crippen LogP contribution in [-0.4, -0.2) is 22.5 Å². The number of hydrogen-bond acceptors (Lipinski definition) is 5. The Morgan fingerprint density at radius 2 is 2.13 bits per heavy atom. The maximum absolute atomic E-state index is 12.5. The molecule has 2 atom stereocenters. The third-order valence-corrected chi connectivity index (χ3v) is 5.51. The lowest BCUT2D eigenvalue weighted by atomic mass is 9.98. The highest BCUT2D eigenvalue weighted by Crippen LogP contribution is 2.39. The van der Waals surface area contributed by atoms with Gasteiger partial charge in [0.1, 0.15) is 5.82 Å². The zero-order chi connectivity index (χ0) is 22.1. The second kappa shape index (κ2) is 8.44. The Hall–Kier alpha value is -3.31. The summed E-state index contributed by atoms with van der Waals surface area (Å²) < 4.78 is 29.4. The van der Waals surface area contributed by atoms with Gasteiger partial charge < -0.3 is 10.1 Å². The first kappa shape index (κ1) is 20.9. The van der Waals surface area contributed by atoms with Crippen molar-refractivity contribution in [3.05, 3.63) is 47.2 Å². The molecule has 1 aliphatic rings. The van der Waals surface area contributed by atoms with Gasteiger partial charge in [0.25, 0.3) is 0 Å². The van der Waals surface area contributed by atoms with Crippen LogP contribution in [0.2, 0.25) is 5.02 Å². The molecule has 1 amide bonds. The summed E-state index contributed by atoms with van der Waals surface area (Å²) in [6.07, 6.45) is 4.19. The largest absolute Gasteiger partial charge is 0.417 e. The molecule has 2 heterocycles. The molecule has 1 saturated carbocycles. The molecule has 0 spiro atoms. The van der Waals surface area contributed by atoms with E-state index in [4.69, 9.17) is 16.9 Å². The predicted molar refractivity (Wildman–Crippen MR) is 112 cm³/mol. The van der Waals surface area contributed by atoms with Gasteiger partial charge >= 0.3 is 6.61 Å². The Kier molecular flexibility index (Phi) is 5.70. The summed E-state index contributed by atoms with van der Waals surface area (Å²) in [4.78, 5) is 20.4. The first-order valence-corrected chi connectivity index (χ1v) is 10.0. The molecule has 0 unspecified atom stereocenters. The molecular formula is C22H17ClF2N4O2. The summed E-state index contributed by atoms with van der Waals surface area (Å²) in [5, 5.41) is 13.5. The molecule has 31 heavy (non-hydrogen) atoms. The Balaban J connectivity index is 1.68. The number of halogens is 3. The number of carbonyl (C=O) groups excluding carboxylic acids is 1. The molecule has 6 nitrogen and oxygen atoms in total. The number of fused-ring (bicyclic) bond motifs is 1. The van der Waals surface area contributed by atoms with Crippen LogP contribution < -0.4 is 10.1 Å². The minimum atomic E-state index is -2.95. The minimum Gasteiger partial charge on any atom is -0.417 e. The van der Waals surface area contributed by atoms with Crippen LogP contribution in [0.5, 0.6) is 5.88 Å². The number of nitrogens with one attached hydrogen (secondary N) is 1. The molecule has 0 bridgehead atoms. The van der Waals surface area contributed by atoms with Crippen molar-refractivity contribution in [1.82, 2.24) is 9.97 Å². The van der Waals surface area contributed by atoms with Crippen LogP contribution in [-0.2, 0) is 11.2 Å². The van der Waals surface area contributed by atoms with E-state index in [0.29, 0.717) is 29.1 Å². The van der Waals surface area contributed by atoms with E-state index in [2.05, 4.69) is 26.1 Å².